The quantitative estimate of drug-likeness (QED) is 0.615. The highest BCUT2D eigenvalue weighted by atomic mass is 16.5. The summed E-state index contributed by atoms with van der Waals surface area (Å²) in [5.74, 6) is 1.56. The van der Waals surface area contributed by atoms with Crippen LogP contribution in [-0.2, 0) is 6.61 Å². The van der Waals surface area contributed by atoms with Gasteiger partial charge in [-0.2, -0.15) is 0 Å². The van der Waals surface area contributed by atoms with E-state index in [1.807, 2.05) is 40.9 Å². The molecule has 0 spiro atoms. The number of aromatic nitrogens is 2. The predicted molar refractivity (Wildman–Crippen MR) is 117 cm³/mol. The van der Waals surface area contributed by atoms with Gasteiger partial charge in [0.2, 0.25) is 0 Å². The Bertz CT molecular complexity index is 1060. The molecule has 5 nitrogen and oxygen atoms in total. The Hall–Kier alpha value is -2.82. The van der Waals surface area contributed by atoms with Crippen LogP contribution in [0.2, 0.25) is 0 Å². The molecular formula is C25H29N3O2. The van der Waals surface area contributed by atoms with E-state index in [2.05, 4.69) is 29.1 Å². The number of fused-ring (bicyclic) bond motifs is 2. The number of likely N-dealkylation sites (tertiary alicyclic amines) is 1. The Kier molecular flexibility index (Phi) is 5.19. The molecule has 2 aromatic heterocycles. The summed E-state index contributed by atoms with van der Waals surface area (Å²) in [5, 5.41) is 0. The lowest BCUT2D eigenvalue weighted by Gasteiger charge is -2.44. The summed E-state index contributed by atoms with van der Waals surface area (Å²) in [4.78, 5) is 20.0. The van der Waals surface area contributed by atoms with Crippen LogP contribution in [-0.4, -0.2) is 32.8 Å². The number of imidazole rings is 1. The van der Waals surface area contributed by atoms with Crippen LogP contribution < -0.4 is 4.74 Å². The first kappa shape index (κ1) is 19.2. The highest BCUT2D eigenvalue weighted by Gasteiger charge is 2.36. The van der Waals surface area contributed by atoms with Crippen LogP contribution in [0.3, 0.4) is 0 Å². The first-order valence-electron chi connectivity index (χ1n) is 11.2. The number of amides is 1. The van der Waals surface area contributed by atoms with Gasteiger partial charge in [0, 0.05) is 30.5 Å². The zero-order valence-electron chi connectivity index (χ0n) is 17.6. The molecule has 5 rings (SSSR count). The number of aryl methyl sites for hydroxylation is 1. The number of hydrogen-bond acceptors (Lipinski definition) is 3. The van der Waals surface area contributed by atoms with Gasteiger partial charge in [-0.1, -0.05) is 25.0 Å². The maximum absolute atomic E-state index is 13.3. The van der Waals surface area contributed by atoms with Gasteiger partial charge >= 0.3 is 0 Å². The van der Waals surface area contributed by atoms with E-state index >= 15 is 0 Å². The molecule has 30 heavy (non-hydrogen) atoms. The zero-order valence-corrected chi connectivity index (χ0v) is 17.6. The molecule has 1 aliphatic carbocycles. The number of benzene rings is 1. The number of carbonyl (C=O) groups is 1. The van der Waals surface area contributed by atoms with E-state index in [4.69, 9.17) is 4.74 Å². The fourth-order valence-corrected chi connectivity index (χ4v) is 5.14. The minimum atomic E-state index is 0.153. The van der Waals surface area contributed by atoms with E-state index in [-0.39, 0.29) is 5.91 Å². The number of piperidine rings is 1. The van der Waals surface area contributed by atoms with E-state index in [1.165, 1.54) is 31.2 Å². The average molecular weight is 404 g/mol. The molecule has 3 aromatic rings. The minimum absolute atomic E-state index is 0.153. The van der Waals surface area contributed by atoms with Crippen LogP contribution in [0.25, 0.3) is 5.65 Å². The van der Waals surface area contributed by atoms with Gasteiger partial charge in [-0.15, -0.1) is 0 Å². The Morgan fingerprint density at radius 1 is 1.10 bits per heavy atom. The number of hydrogen-bond donors (Lipinski definition) is 0. The highest BCUT2D eigenvalue weighted by molar-refractivity contribution is 5.95. The molecule has 1 aliphatic heterocycles. The van der Waals surface area contributed by atoms with Gasteiger partial charge in [0.25, 0.3) is 5.91 Å². The SMILES string of the molecule is Cc1ccc2nc(COc3cccc(C(=O)N4CCCC5CCCCC54)c3)cn2c1. The summed E-state index contributed by atoms with van der Waals surface area (Å²) in [7, 11) is 0. The van der Waals surface area contributed by atoms with E-state index in [9.17, 15) is 4.79 Å². The Morgan fingerprint density at radius 2 is 1.97 bits per heavy atom. The fourth-order valence-electron chi connectivity index (χ4n) is 5.14. The van der Waals surface area contributed by atoms with Crippen LogP contribution in [0.1, 0.15) is 60.1 Å². The Morgan fingerprint density at radius 3 is 2.90 bits per heavy atom. The van der Waals surface area contributed by atoms with Gasteiger partial charge in [-0.25, -0.2) is 4.98 Å². The number of rotatable bonds is 4. The molecule has 2 atom stereocenters. The van der Waals surface area contributed by atoms with Crippen molar-refractivity contribution in [3.05, 3.63) is 65.6 Å². The van der Waals surface area contributed by atoms with Crippen LogP contribution in [0, 0.1) is 12.8 Å². The molecule has 0 N–H and O–H groups in total. The molecule has 3 heterocycles. The summed E-state index contributed by atoms with van der Waals surface area (Å²) >= 11 is 0. The zero-order chi connectivity index (χ0) is 20.5. The fraction of sp³-hybridized carbons (Fsp3) is 0.440. The van der Waals surface area contributed by atoms with Gasteiger partial charge in [0.05, 0.1) is 5.69 Å². The molecule has 1 saturated carbocycles. The maximum atomic E-state index is 13.3. The Labute approximate surface area is 177 Å². The number of ether oxygens (including phenoxy) is 1. The van der Waals surface area contributed by atoms with E-state index in [0.29, 0.717) is 24.3 Å². The van der Waals surface area contributed by atoms with Crippen molar-refractivity contribution in [2.75, 3.05) is 6.54 Å². The molecular weight excluding hydrogens is 374 g/mol. The standard InChI is InChI=1S/C25H29N3O2/c1-18-11-12-24-26-21(16-27(24)15-18)17-30-22-9-4-7-20(14-22)25(29)28-13-5-8-19-6-2-3-10-23(19)28/h4,7,9,11-12,14-16,19,23H,2-3,5-6,8,10,13,17H2,1H3. The molecule has 156 valence electrons. The van der Waals surface area contributed by atoms with E-state index in [1.54, 1.807) is 0 Å². The number of carbonyl (C=O) groups excluding carboxylic acids is 1. The molecule has 1 aromatic carbocycles. The van der Waals surface area contributed by atoms with Crippen molar-refractivity contribution in [2.45, 2.75) is 58.1 Å². The molecule has 2 unspecified atom stereocenters. The van der Waals surface area contributed by atoms with E-state index < -0.39 is 0 Å². The van der Waals surface area contributed by atoms with Gasteiger partial charge in [0.15, 0.2) is 0 Å². The largest absolute Gasteiger partial charge is 0.487 e. The molecule has 1 saturated heterocycles. The summed E-state index contributed by atoms with van der Waals surface area (Å²) in [5.41, 5.74) is 3.70. The van der Waals surface area contributed by atoms with Crippen molar-refractivity contribution in [3.8, 4) is 5.75 Å². The average Bonchev–Trinajstić information content (AvgIpc) is 3.19. The van der Waals surface area contributed by atoms with Crippen molar-refractivity contribution < 1.29 is 9.53 Å². The van der Waals surface area contributed by atoms with Crippen molar-refractivity contribution in [1.82, 2.24) is 14.3 Å². The molecule has 0 bridgehead atoms. The summed E-state index contributed by atoms with van der Waals surface area (Å²) in [6.07, 6.45) is 11.4. The number of pyridine rings is 1. The first-order valence-corrected chi connectivity index (χ1v) is 11.2. The Balaban J connectivity index is 1.29. The van der Waals surface area contributed by atoms with Crippen molar-refractivity contribution in [3.63, 3.8) is 0 Å². The normalized spacial score (nSPS) is 21.4. The molecule has 2 aliphatic rings. The van der Waals surface area contributed by atoms with Gasteiger partial charge < -0.3 is 14.0 Å². The topological polar surface area (TPSA) is 46.8 Å². The van der Waals surface area contributed by atoms with Crippen LogP contribution in [0.4, 0.5) is 0 Å². The lowest BCUT2D eigenvalue weighted by molar-refractivity contribution is 0.0390. The van der Waals surface area contributed by atoms with E-state index in [0.717, 1.165) is 36.3 Å². The first-order chi connectivity index (χ1) is 14.7. The third-order valence-corrected chi connectivity index (χ3v) is 6.62. The maximum Gasteiger partial charge on any atom is 0.254 e. The predicted octanol–water partition coefficient (Wildman–Crippen LogP) is 5.02. The van der Waals surface area contributed by atoms with Crippen LogP contribution >= 0.6 is 0 Å². The molecule has 0 radical (unpaired) electrons. The molecule has 1 amide bonds. The van der Waals surface area contributed by atoms with Crippen LogP contribution in [0.5, 0.6) is 5.75 Å². The minimum Gasteiger partial charge on any atom is -0.487 e. The lowest BCUT2D eigenvalue weighted by Crippen LogP contribution is -2.49. The highest BCUT2D eigenvalue weighted by Crippen LogP contribution is 2.36. The summed E-state index contributed by atoms with van der Waals surface area (Å²) in [6.45, 7) is 3.33. The van der Waals surface area contributed by atoms with Gasteiger partial charge in [0.1, 0.15) is 18.0 Å². The van der Waals surface area contributed by atoms with Crippen molar-refractivity contribution >= 4 is 11.6 Å². The summed E-state index contributed by atoms with van der Waals surface area (Å²) in [6, 6.07) is 12.1. The van der Waals surface area contributed by atoms with Gasteiger partial charge in [-0.05, 0) is 68.4 Å². The number of nitrogens with zero attached hydrogens (tertiary/aromatic N) is 3. The molecule has 5 heteroatoms. The second-order valence-corrected chi connectivity index (χ2v) is 8.77. The van der Waals surface area contributed by atoms with Crippen molar-refractivity contribution in [1.29, 1.82) is 0 Å². The van der Waals surface area contributed by atoms with Crippen LogP contribution in [0.15, 0.2) is 48.8 Å². The third kappa shape index (κ3) is 3.81. The lowest BCUT2D eigenvalue weighted by atomic mass is 9.78. The molecule has 2 fully saturated rings. The smallest absolute Gasteiger partial charge is 0.254 e. The second-order valence-electron chi connectivity index (χ2n) is 8.77. The third-order valence-electron chi connectivity index (χ3n) is 6.62. The van der Waals surface area contributed by atoms with Gasteiger partial charge in [-0.3, -0.25) is 4.79 Å². The monoisotopic (exact) mass is 403 g/mol. The summed E-state index contributed by atoms with van der Waals surface area (Å²) < 4.78 is 8.01. The van der Waals surface area contributed by atoms with Crippen molar-refractivity contribution in [2.24, 2.45) is 5.92 Å². The second kappa shape index (κ2) is 8.13.